The number of carbonyl (C=O) groups excluding carboxylic acids is 1. The van der Waals surface area contributed by atoms with Crippen molar-refractivity contribution in [2.45, 2.75) is 44.2 Å². The Morgan fingerprint density at radius 3 is 2.67 bits per heavy atom. The first-order valence-corrected chi connectivity index (χ1v) is 10.5. The zero-order valence-corrected chi connectivity index (χ0v) is 16.1. The standard InChI is InChI=1S/C20H24N2O4S/c1-2-11-26-14-17-6-4-3-5-16(17)13-21-27(24,25)18-8-9-19-15(12-18)7-10-20(23)22-19/h3-6,8-9,12,21H,2,7,10-11,13-14H2,1H3,(H,22,23). The number of fused-ring (bicyclic) bond motifs is 1. The summed E-state index contributed by atoms with van der Waals surface area (Å²) in [5.74, 6) is -0.0434. The molecule has 2 aromatic rings. The van der Waals surface area contributed by atoms with E-state index < -0.39 is 10.0 Å². The van der Waals surface area contributed by atoms with E-state index in [2.05, 4.69) is 10.0 Å². The molecule has 2 aromatic carbocycles. The second kappa shape index (κ2) is 8.65. The van der Waals surface area contributed by atoms with E-state index in [4.69, 9.17) is 4.74 Å². The SMILES string of the molecule is CCCOCc1ccccc1CNS(=O)(=O)c1ccc2c(c1)CCC(=O)N2. The van der Waals surface area contributed by atoms with Crippen LogP contribution in [0.1, 0.15) is 36.5 Å². The Kier molecular flexibility index (Phi) is 6.26. The molecule has 0 aliphatic carbocycles. The highest BCUT2D eigenvalue weighted by atomic mass is 32.2. The summed E-state index contributed by atoms with van der Waals surface area (Å²) in [5, 5.41) is 2.76. The summed E-state index contributed by atoms with van der Waals surface area (Å²) in [6.45, 7) is 3.38. The Balaban J connectivity index is 1.72. The van der Waals surface area contributed by atoms with E-state index in [-0.39, 0.29) is 17.3 Å². The van der Waals surface area contributed by atoms with Gasteiger partial charge in [0.15, 0.2) is 0 Å². The van der Waals surface area contributed by atoms with Crippen LogP contribution in [-0.2, 0) is 39.1 Å². The average molecular weight is 388 g/mol. The monoisotopic (exact) mass is 388 g/mol. The first kappa shape index (κ1) is 19.5. The molecule has 1 amide bonds. The number of anilines is 1. The fraction of sp³-hybridized carbons (Fsp3) is 0.350. The van der Waals surface area contributed by atoms with E-state index in [1.807, 2.05) is 31.2 Å². The van der Waals surface area contributed by atoms with Gasteiger partial charge in [0.25, 0.3) is 0 Å². The molecule has 27 heavy (non-hydrogen) atoms. The second-order valence-corrected chi connectivity index (χ2v) is 8.28. The van der Waals surface area contributed by atoms with E-state index in [1.54, 1.807) is 12.1 Å². The molecule has 0 aromatic heterocycles. The lowest BCUT2D eigenvalue weighted by atomic mass is 10.0. The van der Waals surface area contributed by atoms with Crippen LogP contribution in [0.2, 0.25) is 0 Å². The lowest BCUT2D eigenvalue weighted by Gasteiger charge is -2.18. The number of sulfonamides is 1. The Labute approximate surface area is 160 Å². The summed E-state index contributed by atoms with van der Waals surface area (Å²) in [4.78, 5) is 11.6. The molecule has 0 saturated heterocycles. The van der Waals surface area contributed by atoms with Gasteiger partial charge in [-0.25, -0.2) is 13.1 Å². The number of carbonyl (C=O) groups is 1. The van der Waals surface area contributed by atoms with Crippen molar-refractivity contribution >= 4 is 21.6 Å². The van der Waals surface area contributed by atoms with Gasteiger partial charge in [0, 0.05) is 25.3 Å². The van der Waals surface area contributed by atoms with Crippen LogP contribution in [-0.4, -0.2) is 20.9 Å². The van der Waals surface area contributed by atoms with Crippen molar-refractivity contribution in [1.29, 1.82) is 0 Å². The minimum Gasteiger partial charge on any atom is -0.377 e. The molecule has 6 nitrogen and oxygen atoms in total. The lowest BCUT2D eigenvalue weighted by Crippen LogP contribution is -2.25. The van der Waals surface area contributed by atoms with Crippen molar-refractivity contribution in [1.82, 2.24) is 4.72 Å². The third-order valence-corrected chi connectivity index (χ3v) is 5.86. The van der Waals surface area contributed by atoms with Gasteiger partial charge >= 0.3 is 0 Å². The summed E-state index contributed by atoms with van der Waals surface area (Å²) >= 11 is 0. The van der Waals surface area contributed by atoms with Gasteiger partial charge < -0.3 is 10.1 Å². The number of amides is 1. The van der Waals surface area contributed by atoms with Crippen LogP contribution in [0.25, 0.3) is 0 Å². The average Bonchev–Trinajstić information content (AvgIpc) is 2.67. The summed E-state index contributed by atoms with van der Waals surface area (Å²) in [5.41, 5.74) is 3.39. The van der Waals surface area contributed by atoms with Crippen LogP contribution in [0.3, 0.4) is 0 Å². The van der Waals surface area contributed by atoms with Crippen LogP contribution in [0.5, 0.6) is 0 Å². The third-order valence-electron chi connectivity index (χ3n) is 4.46. The first-order valence-electron chi connectivity index (χ1n) is 9.06. The van der Waals surface area contributed by atoms with E-state index in [1.165, 1.54) is 6.07 Å². The van der Waals surface area contributed by atoms with Crippen molar-refractivity contribution in [2.24, 2.45) is 0 Å². The highest BCUT2D eigenvalue weighted by molar-refractivity contribution is 7.89. The summed E-state index contributed by atoms with van der Waals surface area (Å²) < 4.78 is 33.6. The molecule has 1 heterocycles. The predicted octanol–water partition coefficient (Wildman–Crippen LogP) is 2.98. The van der Waals surface area contributed by atoms with Crippen LogP contribution < -0.4 is 10.0 Å². The topological polar surface area (TPSA) is 84.5 Å². The van der Waals surface area contributed by atoms with Crippen molar-refractivity contribution in [3.63, 3.8) is 0 Å². The molecule has 0 saturated carbocycles. The molecule has 0 radical (unpaired) electrons. The second-order valence-electron chi connectivity index (χ2n) is 6.51. The van der Waals surface area contributed by atoms with Crippen LogP contribution in [0.15, 0.2) is 47.4 Å². The van der Waals surface area contributed by atoms with Crippen molar-refractivity contribution in [2.75, 3.05) is 11.9 Å². The summed E-state index contributed by atoms with van der Waals surface area (Å²) in [7, 11) is -3.65. The Morgan fingerprint density at radius 2 is 1.89 bits per heavy atom. The van der Waals surface area contributed by atoms with Crippen molar-refractivity contribution in [3.8, 4) is 0 Å². The van der Waals surface area contributed by atoms with E-state index in [0.29, 0.717) is 31.7 Å². The van der Waals surface area contributed by atoms with Crippen LogP contribution in [0, 0.1) is 0 Å². The Bertz CT molecular complexity index is 925. The number of hydrogen-bond donors (Lipinski definition) is 2. The Morgan fingerprint density at radius 1 is 1.11 bits per heavy atom. The smallest absolute Gasteiger partial charge is 0.240 e. The van der Waals surface area contributed by atoms with Gasteiger partial charge in [-0.05, 0) is 47.7 Å². The van der Waals surface area contributed by atoms with Gasteiger partial charge in [0.1, 0.15) is 0 Å². The maximum absolute atomic E-state index is 12.7. The molecule has 0 spiro atoms. The quantitative estimate of drug-likeness (QED) is 0.681. The lowest BCUT2D eigenvalue weighted by molar-refractivity contribution is -0.116. The van der Waals surface area contributed by atoms with Gasteiger partial charge in [0.05, 0.1) is 11.5 Å². The molecule has 0 bridgehead atoms. The molecular weight excluding hydrogens is 364 g/mol. The molecule has 144 valence electrons. The number of ether oxygens (including phenoxy) is 1. The van der Waals surface area contributed by atoms with Gasteiger partial charge in [0.2, 0.25) is 15.9 Å². The molecular formula is C20H24N2O4S. The maximum Gasteiger partial charge on any atom is 0.240 e. The normalized spacial score (nSPS) is 13.9. The van der Waals surface area contributed by atoms with Gasteiger partial charge in [-0.2, -0.15) is 0 Å². The fourth-order valence-corrected chi connectivity index (χ4v) is 4.04. The molecule has 1 aliphatic rings. The number of nitrogens with one attached hydrogen (secondary N) is 2. The summed E-state index contributed by atoms with van der Waals surface area (Å²) in [6, 6.07) is 12.4. The van der Waals surface area contributed by atoms with Crippen molar-refractivity contribution < 1.29 is 17.9 Å². The Hall–Kier alpha value is -2.22. The minimum atomic E-state index is -3.65. The molecule has 0 atom stereocenters. The van der Waals surface area contributed by atoms with Gasteiger partial charge in [-0.1, -0.05) is 31.2 Å². The molecule has 0 unspecified atom stereocenters. The zero-order chi connectivity index (χ0) is 19.3. The van der Waals surface area contributed by atoms with Crippen LogP contribution >= 0.6 is 0 Å². The highest BCUT2D eigenvalue weighted by Gasteiger charge is 2.20. The van der Waals surface area contributed by atoms with Crippen molar-refractivity contribution in [3.05, 3.63) is 59.2 Å². The first-order chi connectivity index (χ1) is 13.0. The maximum atomic E-state index is 12.7. The molecule has 1 aliphatic heterocycles. The number of hydrogen-bond acceptors (Lipinski definition) is 4. The minimum absolute atomic E-state index is 0.0434. The zero-order valence-electron chi connectivity index (χ0n) is 15.3. The van der Waals surface area contributed by atoms with E-state index in [0.717, 1.165) is 23.1 Å². The molecule has 0 fully saturated rings. The van der Waals surface area contributed by atoms with E-state index in [9.17, 15) is 13.2 Å². The summed E-state index contributed by atoms with van der Waals surface area (Å²) in [6.07, 6.45) is 1.85. The molecule has 2 N–H and O–H groups in total. The molecule has 7 heteroatoms. The number of benzene rings is 2. The third kappa shape index (κ3) is 4.94. The largest absolute Gasteiger partial charge is 0.377 e. The highest BCUT2D eigenvalue weighted by Crippen LogP contribution is 2.25. The fourth-order valence-electron chi connectivity index (χ4n) is 2.98. The number of aryl methyl sites for hydroxylation is 1. The van der Waals surface area contributed by atoms with Gasteiger partial charge in [-0.15, -0.1) is 0 Å². The number of rotatable bonds is 8. The predicted molar refractivity (Wildman–Crippen MR) is 104 cm³/mol. The van der Waals surface area contributed by atoms with Crippen LogP contribution in [0.4, 0.5) is 5.69 Å². The molecule has 3 rings (SSSR count). The van der Waals surface area contributed by atoms with E-state index >= 15 is 0 Å². The van der Waals surface area contributed by atoms with Gasteiger partial charge in [-0.3, -0.25) is 4.79 Å².